The summed E-state index contributed by atoms with van der Waals surface area (Å²) in [5, 5.41) is 0. The molecule has 0 aliphatic rings. The standard InChI is InChI=1S/C5H12.H3O3P/c1-4-5(2)3;1-4(2)3/h5H,4H2,1-3H3;1-3H. The normalized spacial score (nSPS) is 9.33. The first-order valence-corrected chi connectivity index (χ1v) is 4.07. The van der Waals surface area contributed by atoms with Crippen molar-refractivity contribution in [2.75, 3.05) is 0 Å². The van der Waals surface area contributed by atoms with Crippen LogP contribution >= 0.6 is 8.60 Å². The molecule has 0 amide bonds. The van der Waals surface area contributed by atoms with E-state index in [1.54, 1.807) is 0 Å². The highest BCUT2D eigenvalue weighted by Gasteiger charge is 1.80. The van der Waals surface area contributed by atoms with Gasteiger partial charge in [-0.3, -0.25) is 0 Å². The van der Waals surface area contributed by atoms with E-state index < -0.39 is 8.60 Å². The molecule has 0 saturated carbocycles. The monoisotopic (exact) mass is 154 g/mol. The predicted molar refractivity (Wildman–Crippen MR) is 38.7 cm³/mol. The van der Waals surface area contributed by atoms with Crippen LogP contribution < -0.4 is 0 Å². The van der Waals surface area contributed by atoms with Crippen LogP contribution in [0.4, 0.5) is 0 Å². The van der Waals surface area contributed by atoms with E-state index in [9.17, 15) is 0 Å². The van der Waals surface area contributed by atoms with E-state index in [4.69, 9.17) is 14.7 Å². The average molecular weight is 154 g/mol. The molecule has 9 heavy (non-hydrogen) atoms. The minimum atomic E-state index is -2.62. The maximum atomic E-state index is 7.23. The van der Waals surface area contributed by atoms with E-state index in [-0.39, 0.29) is 0 Å². The molecule has 0 fully saturated rings. The third-order valence-corrected chi connectivity index (χ3v) is 0.816. The summed E-state index contributed by atoms with van der Waals surface area (Å²) in [6.07, 6.45) is 1.31. The second-order valence-electron chi connectivity index (χ2n) is 2.07. The van der Waals surface area contributed by atoms with Gasteiger partial charge in [0.05, 0.1) is 0 Å². The molecular formula is C5H15O3P. The number of hydrogen-bond donors (Lipinski definition) is 3. The first-order chi connectivity index (χ1) is 4.00. The van der Waals surface area contributed by atoms with Crippen LogP contribution in [0.25, 0.3) is 0 Å². The van der Waals surface area contributed by atoms with Crippen LogP contribution in [0.15, 0.2) is 0 Å². The van der Waals surface area contributed by atoms with Crippen LogP contribution in [0.1, 0.15) is 27.2 Å². The fraction of sp³-hybridized carbons (Fsp3) is 1.00. The topological polar surface area (TPSA) is 60.7 Å². The molecular weight excluding hydrogens is 139 g/mol. The summed E-state index contributed by atoms with van der Waals surface area (Å²) < 4.78 is 0. The fourth-order valence-corrected chi connectivity index (χ4v) is 0. The molecule has 0 saturated heterocycles. The molecule has 0 aromatic carbocycles. The van der Waals surface area contributed by atoms with E-state index in [1.807, 2.05) is 0 Å². The zero-order valence-corrected chi connectivity index (χ0v) is 6.97. The highest BCUT2D eigenvalue weighted by atomic mass is 31.2. The van der Waals surface area contributed by atoms with Crippen molar-refractivity contribution < 1.29 is 14.7 Å². The highest BCUT2D eigenvalue weighted by molar-refractivity contribution is 7.38. The maximum absolute atomic E-state index is 7.23. The van der Waals surface area contributed by atoms with Crippen LogP contribution in [-0.4, -0.2) is 14.7 Å². The Hall–Kier alpha value is 0.310. The quantitative estimate of drug-likeness (QED) is 0.498. The van der Waals surface area contributed by atoms with Gasteiger partial charge in [-0.1, -0.05) is 27.2 Å². The Labute approximate surface area is 57.3 Å². The van der Waals surface area contributed by atoms with Crippen molar-refractivity contribution in [3.63, 3.8) is 0 Å². The molecule has 0 aromatic rings. The summed E-state index contributed by atoms with van der Waals surface area (Å²) in [6, 6.07) is 0. The van der Waals surface area contributed by atoms with Crippen LogP contribution in [0.2, 0.25) is 0 Å². The Balaban J connectivity index is 0. The van der Waals surface area contributed by atoms with Gasteiger partial charge >= 0.3 is 8.60 Å². The molecule has 0 atom stereocenters. The lowest BCUT2D eigenvalue weighted by Gasteiger charge is -1.90. The molecule has 3 N–H and O–H groups in total. The summed E-state index contributed by atoms with van der Waals surface area (Å²) in [5.74, 6) is 0.884. The van der Waals surface area contributed by atoms with Gasteiger partial charge in [-0.2, -0.15) is 0 Å². The van der Waals surface area contributed by atoms with Gasteiger partial charge in [-0.05, 0) is 5.92 Å². The Morgan fingerprint density at radius 2 is 1.33 bits per heavy atom. The molecule has 3 nitrogen and oxygen atoms in total. The largest absolute Gasteiger partial charge is 0.328 e. The van der Waals surface area contributed by atoms with Crippen LogP contribution in [-0.2, 0) is 0 Å². The van der Waals surface area contributed by atoms with Crippen molar-refractivity contribution in [3.05, 3.63) is 0 Å². The molecule has 0 unspecified atom stereocenters. The fourth-order valence-electron chi connectivity index (χ4n) is 0. The molecule has 0 radical (unpaired) electrons. The Morgan fingerprint density at radius 3 is 1.33 bits per heavy atom. The number of rotatable bonds is 1. The predicted octanol–water partition coefficient (Wildman–Crippen LogP) is 1.24. The van der Waals surface area contributed by atoms with Gasteiger partial charge in [0, 0.05) is 0 Å². The molecule has 4 heteroatoms. The van der Waals surface area contributed by atoms with Crippen molar-refractivity contribution in [2.45, 2.75) is 27.2 Å². The summed E-state index contributed by atoms with van der Waals surface area (Å²) >= 11 is 0. The summed E-state index contributed by atoms with van der Waals surface area (Å²) in [6.45, 7) is 6.64. The molecule has 0 bridgehead atoms. The van der Waals surface area contributed by atoms with Gasteiger partial charge in [0.25, 0.3) is 0 Å². The lowest BCUT2D eigenvalue weighted by atomic mass is 10.2. The zero-order valence-electron chi connectivity index (χ0n) is 6.07. The van der Waals surface area contributed by atoms with E-state index in [2.05, 4.69) is 20.8 Å². The maximum Gasteiger partial charge on any atom is 0.324 e. The first kappa shape index (κ1) is 12.0. The van der Waals surface area contributed by atoms with Crippen molar-refractivity contribution >= 4 is 8.60 Å². The van der Waals surface area contributed by atoms with Crippen molar-refractivity contribution in [2.24, 2.45) is 5.92 Å². The van der Waals surface area contributed by atoms with Gasteiger partial charge in [0.15, 0.2) is 0 Å². The second kappa shape index (κ2) is 8.31. The molecule has 0 aliphatic carbocycles. The molecule has 0 aromatic heterocycles. The third kappa shape index (κ3) is 62.0. The van der Waals surface area contributed by atoms with Crippen LogP contribution in [0, 0.1) is 5.92 Å². The summed E-state index contributed by atoms with van der Waals surface area (Å²) in [5.41, 5.74) is 0. The first-order valence-electron chi connectivity index (χ1n) is 2.87. The highest BCUT2D eigenvalue weighted by Crippen LogP contribution is 2.11. The van der Waals surface area contributed by atoms with E-state index in [0.717, 1.165) is 5.92 Å². The number of hydrogen-bond acceptors (Lipinski definition) is 3. The minimum Gasteiger partial charge on any atom is -0.328 e. The second-order valence-corrected chi connectivity index (χ2v) is 2.61. The Kier molecular flexibility index (Phi) is 11.1. The smallest absolute Gasteiger partial charge is 0.324 e. The van der Waals surface area contributed by atoms with Gasteiger partial charge in [-0.15, -0.1) is 0 Å². The van der Waals surface area contributed by atoms with E-state index >= 15 is 0 Å². The molecule has 0 spiro atoms. The Bertz CT molecular complexity index is 44.7. The van der Waals surface area contributed by atoms with Crippen LogP contribution in [0.5, 0.6) is 0 Å². The van der Waals surface area contributed by atoms with Gasteiger partial charge in [0.1, 0.15) is 0 Å². The molecule has 0 aliphatic heterocycles. The minimum absolute atomic E-state index is 0.884. The van der Waals surface area contributed by atoms with Crippen molar-refractivity contribution in [1.29, 1.82) is 0 Å². The molecule has 0 rings (SSSR count). The third-order valence-electron chi connectivity index (χ3n) is 0.816. The van der Waals surface area contributed by atoms with Crippen molar-refractivity contribution in [3.8, 4) is 0 Å². The summed E-state index contributed by atoms with van der Waals surface area (Å²) in [7, 11) is -2.62. The lowest BCUT2D eigenvalue weighted by Crippen LogP contribution is -1.77. The summed E-state index contributed by atoms with van der Waals surface area (Å²) in [4.78, 5) is 21.7. The molecule has 58 valence electrons. The van der Waals surface area contributed by atoms with Gasteiger partial charge in [-0.25, -0.2) is 0 Å². The SMILES string of the molecule is CCC(C)C.OP(O)O. The van der Waals surface area contributed by atoms with Gasteiger partial charge < -0.3 is 14.7 Å². The Morgan fingerprint density at radius 1 is 1.22 bits per heavy atom. The van der Waals surface area contributed by atoms with E-state index in [1.165, 1.54) is 6.42 Å². The zero-order chi connectivity index (χ0) is 7.86. The average Bonchev–Trinajstić information content (AvgIpc) is 1.65. The van der Waals surface area contributed by atoms with Gasteiger partial charge in [0.2, 0.25) is 0 Å². The molecule has 0 heterocycles. The lowest BCUT2D eigenvalue weighted by molar-refractivity contribution is 0.368. The van der Waals surface area contributed by atoms with Crippen LogP contribution in [0.3, 0.4) is 0 Å². The van der Waals surface area contributed by atoms with E-state index in [0.29, 0.717) is 0 Å². The van der Waals surface area contributed by atoms with Crippen molar-refractivity contribution in [1.82, 2.24) is 0 Å².